The second kappa shape index (κ2) is 5.92. The fourth-order valence-electron chi connectivity index (χ4n) is 1.60. The summed E-state index contributed by atoms with van der Waals surface area (Å²) in [6, 6.07) is 7.37. The first kappa shape index (κ1) is 14.3. The number of hydrogen-bond acceptors (Lipinski definition) is 1. The fourth-order valence-corrected chi connectivity index (χ4v) is 1.83. The van der Waals surface area contributed by atoms with Crippen molar-refractivity contribution in [3.05, 3.63) is 59.4 Å². The minimum Gasteiger partial charge on any atom is -0.332 e. The molecule has 0 radical (unpaired) electrons. The SMILES string of the molecule is Cc1cc(NC(=S)Nc2cc(F)ccc2F)ccc1F. The molecule has 0 aliphatic carbocycles. The summed E-state index contributed by atoms with van der Waals surface area (Å²) in [5.41, 5.74) is 0.939. The van der Waals surface area contributed by atoms with Crippen molar-refractivity contribution in [2.45, 2.75) is 6.92 Å². The summed E-state index contributed by atoms with van der Waals surface area (Å²) in [5.74, 6) is -1.52. The Kier molecular flexibility index (Phi) is 4.24. The number of halogens is 3. The first-order valence-corrected chi connectivity index (χ1v) is 6.16. The van der Waals surface area contributed by atoms with E-state index >= 15 is 0 Å². The molecular formula is C14H11F3N2S. The van der Waals surface area contributed by atoms with Crippen LogP contribution in [0.2, 0.25) is 0 Å². The molecule has 2 N–H and O–H groups in total. The highest BCUT2D eigenvalue weighted by molar-refractivity contribution is 7.80. The van der Waals surface area contributed by atoms with Crippen LogP contribution in [0.15, 0.2) is 36.4 Å². The second-order valence-corrected chi connectivity index (χ2v) is 4.58. The Morgan fingerprint density at radius 1 is 0.950 bits per heavy atom. The number of benzene rings is 2. The smallest absolute Gasteiger partial charge is 0.175 e. The minimum absolute atomic E-state index is 0.0682. The van der Waals surface area contributed by atoms with Crippen LogP contribution < -0.4 is 10.6 Å². The van der Waals surface area contributed by atoms with Crippen LogP contribution in [0.25, 0.3) is 0 Å². The van der Waals surface area contributed by atoms with Gasteiger partial charge in [0, 0.05) is 11.8 Å². The van der Waals surface area contributed by atoms with Gasteiger partial charge in [-0.15, -0.1) is 0 Å². The maximum absolute atomic E-state index is 13.4. The van der Waals surface area contributed by atoms with Gasteiger partial charge >= 0.3 is 0 Å². The van der Waals surface area contributed by atoms with E-state index in [0.29, 0.717) is 11.3 Å². The van der Waals surface area contributed by atoms with E-state index in [1.807, 2.05) is 0 Å². The molecule has 0 aromatic heterocycles. The van der Waals surface area contributed by atoms with Gasteiger partial charge in [-0.3, -0.25) is 0 Å². The predicted octanol–water partition coefficient (Wildman–Crippen LogP) is 4.22. The zero-order valence-corrected chi connectivity index (χ0v) is 11.3. The summed E-state index contributed by atoms with van der Waals surface area (Å²) >= 11 is 4.99. The average Bonchev–Trinajstić information content (AvgIpc) is 2.38. The molecule has 2 nitrogen and oxygen atoms in total. The molecule has 0 atom stereocenters. The van der Waals surface area contributed by atoms with Crippen molar-refractivity contribution < 1.29 is 13.2 Å². The van der Waals surface area contributed by atoms with Gasteiger partial charge in [-0.1, -0.05) is 0 Å². The van der Waals surface area contributed by atoms with Crippen molar-refractivity contribution in [3.8, 4) is 0 Å². The third kappa shape index (κ3) is 3.48. The van der Waals surface area contributed by atoms with Crippen molar-refractivity contribution in [1.82, 2.24) is 0 Å². The monoisotopic (exact) mass is 296 g/mol. The lowest BCUT2D eigenvalue weighted by molar-refractivity contribution is 0.604. The van der Waals surface area contributed by atoms with Crippen LogP contribution in [0, 0.1) is 24.4 Å². The zero-order chi connectivity index (χ0) is 14.7. The van der Waals surface area contributed by atoms with Gasteiger partial charge < -0.3 is 10.6 Å². The third-order valence-corrected chi connectivity index (χ3v) is 2.80. The first-order valence-electron chi connectivity index (χ1n) is 5.75. The van der Waals surface area contributed by atoms with Gasteiger partial charge in [-0.25, -0.2) is 13.2 Å². The molecule has 0 amide bonds. The highest BCUT2D eigenvalue weighted by Gasteiger charge is 2.06. The lowest BCUT2D eigenvalue weighted by atomic mass is 10.2. The molecule has 20 heavy (non-hydrogen) atoms. The van der Waals surface area contributed by atoms with Crippen LogP contribution in [-0.4, -0.2) is 5.11 Å². The molecular weight excluding hydrogens is 285 g/mol. The Morgan fingerprint density at radius 2 is 1.65 bits per heavy atom. The predicted molar refractivity (Wildman–Crippen MR) is 77.3 cm³/mol. The van der Waals surface area contributed by atoms with Gasteiger partial charge in [0.2, 0.25) is 0 Å². The standard InChI is InChI=1S/C14H11F3N2S/c1-8-6-10(3-5-11(8)16)18-14(20)19-13-7-9(15)2-4-12(13)17/h2-7H,1H3,(H2,18,19,20). The van der Waals surface area contributed by atoms with Crippen LogP contribution in [0.4, 0.5) is 24.5 Å². The summed E-state index contributed by atoms with van der Waals surface area (Å²) in [6.45, 7) is 1.61. The molecule has 0 heterocycles. The molecule has 0 aliphatic rings. The maximum Gasteiger partial charge on any atom is 0.175 e. The van der Waals surface area contributed by atoms with Gasteiger partial charge in [0.05, 0.1) is 5.69 Å². The van der Waals surface area contributed by atoms with E-state index in [1.165, 1.54) is 12.1 Å². The van der Waals surface area contributed by atoms with Crippen LogP contribution in [0.1, 0.15) is 5.56 Å². The molecule has 0 unspecified atom stereocenters. The Labute approximate surface area is 119 Å². The van der Waals surface area contributed by atoms with Crippen LogP contribution in [-0.2, 0) is 0 Å². The van der Waals surface area contributed by atoms with E-state index in [4.69, 9.17) is 12.2 Å². The van der Waals surface area contributed by atoms with Crippen molar-refractivity contribution in [3.63, 3.8) is 0 Å². The first-order chi connectivity index (χ1) is 9.45. The van der Waals surface area contributed by atoms with Crippen molar-refractivity contribution in [2.75, 3.05) is 10.6 Å². The van der Waals surface area contributed by atoms with Crippen molar-refractivity contribution in [1.29, 1.82) is 0 Å². The Morgan fingerprint density at radius 3 is 2.35 bits per heavy atom. The van der Waals surface area contributed by atoms with E-state index in [1.54, 1.807) is 13.0 Å². The van der Waals surface area contributed by atoms with Crippen molar-refractivity contribution >= 4 is 28.7 Å². The number of rotatable bonds is 2. The number of anilines is 2. The second-order valence-electron chi connectivity index (χ2n) is 4.17. The molecule has 0 saturated heterocycles. The van der Waals surface area contributed by atoms with E-state index in [9.17, 15) is 13.2 Å². The summed E-state index contributed by atoms with van der Waals surface area (Å²) in [5, 5.41) is 5.40. The summed E-state index contributed by atoms with van der Waals surface area (Å²) in [7, 11) is 0. The van der Waals surface area contributed by atoms with Crippen molar-refractivity contribution in [2.24, 2.45) is 0 Å². The van der Waals surface area contributed by atoms with E-state index in [-0.39, 0.29) is 16.6 Å². The molecule has 0 fully saturated rings. The van der Waals surface area contributed by atoms with Gasteiger partial charge in [-0.2, -0.15) is 0 Å². The topological polar surface area (TPSA) is 24.1 Å². The molecule has 2 aromatic rings. The average molecular weight is 296 g/mol. The Balaban J connectivity index is 2.09. The Bertz CT molecular complexity index is 659. The molecule has 0 aliphatic heterocycles. The third-order valence-electron chi connectivity index (χ3n) is 2.59. The van der Waals surface area contributed by atoms with E-state index in [0.717, 1.165) is 18.2 Å². The Hall–Kier alpha value is -2.08. The summed E-state index contributed by atoms with van der Waals surface area (Å²) < 4.78 is 39.5. The highest BCUT2D eigenvalue weighted by atomic mass is 32.1. The number of hydrogen-bond donors (Lipinski definition) is 2. The van der Waals surface area contributed by atoms with Crippen LogP contribution >= 0.6 is 12.2 Å². The molecule has 0 saturated carbocycles. The van der Waals surface area contributed by atoms with E-state index in [2.05, 4.69) is 10.6 Å². The quantitative estimate of drug-likeness (QED) is 0.811. The maximum atomic E-state index is 13.4. The summed E-state index contributed by atoms with van der Waals surface area (Å²) in [6.07, 6.45) is 0. The molecule has 104 valence electrons. The van der Waals surface area contributed by atoms with Crippen LogP contribution in [0.5, 0.6) is 0 Å². The number of aryl methyl sites for hydroxylation is 1. The molecule has 2 aromatic carbocycles. The fraction of sp³-hybridized carbons (Fsp3) is 0.0714. The van der Waals surface area contributed by atoms with Gasteiger partial charge in [-0.05, 0) is 55.0 Å². The normalized spacial score (nSPS) is 10.2. The number of nitrogens with one attached hydrogen (secondary N) is 2. The van der Waals surface area contributed by atoms with Gasteiger partial charge in [0.25, 0.3) is 0 Å². The molecule has 0 bridgehead atoms. The molecule has 0 spiro atoms. The summed E-state index contributed by atoms with van der Waals surface area (Å²) in [4.78, 5) is 0. The number of thiocarbonyl (C=S) groups is 1. The van der Waals surface area contributed by atoms with Gasteiger partial charge in [0.1, 0.15) is 17.5 Å². The lowest BCUT2D eigenvalue weighted by Crippen LogP contribution is -2.20. The highest BCUT2D eigenvalue weighted by Crippen LogP contribution is 2.17. The molecule has 2 rings (SSSR count). The van der Waals surface area contributed by atoms with Gasteiger partial charge in [0.15, 0.2) is 5.11 Å². The minimum atomic E-state index is -0.620. The largest absolute Gasteiger partial charge is 0.332 e. The van der Waals surface area contributed by atoms with E-state index < -0.39 is 11.6 Å². The van der Waals surface area contributed by atoms with Crippen LogP contribution in [0.3, 0.4) is 0 Å². The zero-order valence-electron chi connectivity index (χ0n) is 10.5. The lowest BCUT2D eigenvalue weighted by Gasteiger charge is -2.12. The molecule has 6 heteroatoms.